The van der Waals surface area contributed by atoms with Crippen LogP contribution in [0.3, 0.4) is 0 Å². The number of benzene rings is 1. The van der Waals surface area contributed by atoms with E-state index in [1.54, 1.807) is 11.0 Å². The number of amides is 1. The van der Waals surface area contributed by atoms with Crippen molar-refractivity contribution in [2.24, 2.45) is 0 Å². The lowest BCUT2D eigenvalue weighted by Gasteiger charge is -2.33. The maximum Gasteiger partial charge on any atom is 0.275 e. The van der Waals surface area contributed by atoms with Crippen LogP contribution in [0.4, 0.5) is 0 Å². The van der Waals surface area contributed by atoms with E-state index in [1.165, 1.54) is 10.4 Å². The number of rotatable bonds is 3. The van der Waals surface area contributed by atoms with Crippen LogP contribution in [0.1, 0.15) is 16.1 Å². The van der Waals surface area contributed by atoms with Gasteiger partial charge in [-0.3, -0.25) is 9.89 Å². The van der Waals surface area contributed by atoms with E-state index in [0.29, 0.717) is 23.1 Å². The molecule has 0 saturated carbocycles. The number of carbonyl (C=O) groups is 1. The van der Waals surface area contributed by atoms with Crippen molar-refractivity contribution in [3.05, 3.63) is 45.9 Å². The molecule has 0 atom stereocenters. The van der Waals surface area contributed by atoms with Crippen molar-refractivity contribution in [2.45, 2.75) is 11.1 Å². The molecule has 27 heavy (non-hydrogen) atoms. The van der Waals surface area contributed by atoms with Gasteiger partial charge in [-0.15, -0.1) is 11.3 Å². The van der Waals surface area contributed by atoms with Gasteiger partial charge in [-0.05, 0) is 31.2 Å². The quantitative estimate of drug-likeness (QED) is 0.700. The summed E-state index contributed by atoms with van der Waals surface area (Å²) < 4.78 is 27.4. The maximum absolute atomic E-state index is 12.9. The Morgan fingerprint density at radius 2 is 1.93 bits per heavy atom. The predicted octanol–water partition coefficient (Wildman–Crippen LogP) is 2.73. The lowest BCUT2D eigenvalue weighted by Crippen LogP contribution is -2.50. The summed E-state index contributed by atoms with van der Waals surface area (Å²) in [5.74, 6) is -0.192. The zero-order valence-corrected chi connectivity index (χ0v) is 16.9. The smallest absolute Gasteiger partial charge is 0.275 e. The fraction of sp³-hybridized carbons (Fsp3) is 0.294. The van der Waals surface area contributed by atoms with E-state index in [-0.39, 0.29) is 23.2 Å². The van der Waals surface area contributed by atoms with Crippen LogP contribution >= 0.6 is 22.9 Å². The Morgan fingerprint density at radius 1 is 1.19 bits per heavy atom. The van der Waals surface area contributed by atoms with Gasteiger partial charge in [0.25, 0.3) is 15.9 Å². The Balaban J connectivity index is 1.50. The number of thiophene rings is 1. The molecule has 0 unspecified atom stereocenters. The molecule has 1 N–H and O–H groups in total. The van der Waals surface area contributed by atoms with Gasteiger partial charge in [0.05, 0.1) is 9.85 Å². The molecule has 1 amide bonds. The molecule has 0 aliphatic carbocycles. The first kappa shape index (κ1) is 18.4. The van der Waals surface area contributed by atoms with E-state index in [4.69, 9.17) is 11.6 Å². The number of fused-ring (bicyclic) bond motifs is 1. The number of piperazine rings is 1. The first-order valence-corrected chi connectivity index (χ1v) is 11.0. The maximum atomic E-state index is 12.9. The lowest BCUT2D eigenvalue weighted by atomic mass is 10.1. The number of H-pyrrole nitrogens is 1. The number of aromatic amines is 1. The second kappa shape index (κ2) is 6.90. The van der Waals surface area contributed by atoms with Gasteiger partial charge in [0.1, 0.15) is 4.21 Å². The van der Waals surface area contributed by atoms with Gasteiger partial charge in [0.15, 0.2) is 5.69 Å². The third-order valence-corrected chi connectivity index (χ3v) is 8.19. The Bertz CT molecular complexity index is 1110. The van der Waals surface area contributed by atoms with Crippen LogP contribution in [0, 0.1) is 6.92 Å². The molecule has 0 radical (unpaired) electrons. The van der Waals surface area contributed by atoms with E-state index < -0.39 is 10.0 Å². The fourth-order valence-corrected chi connectivity index (χ4v) is 6.20. The zero-order chi connectivity index (χ0) is 19.2. The number of nitrogens with zero attached hydrogens (tertiary/aromatic N) is 3. The number of nitrogens with one attached hydrogen (secondary N) is 1. The third-order valence-electron chi connectivity index (χ3n) is 4.59. The Labute approximate surface area is 165 Å². The van der Waals surface area contributed by atoms with Crippen LogP contribution in [-0.4, -0.2) is 59.9 Å². The summed E-state index contributed by atoms with van der Waals surface area (Å²) in [5.41, 5.74) is 2.22. The van der Waals surface area contributed by atoms with Crippen molar-refractivity contribution < 1.29 is 13.2 Å². The molecule has 4 rings (SSSR count). The molecule has 1 aliphatic heterocycles. The minimum atomic E-state index is -3.58. The lowest BCUT2D eigenvalue weighted by molar-refractivity contribution is 0.0694. The highest BCUT2D eigenvalue weighted by atomic mass is 35.5. The molecule has 1 aliphatic rings. The largest absolute Gasteiger partial charge is 0.335 e. The normalized spacial score (nSPS) is 16.1. The Morgan fingerprint density at radius 3 is 2.59 bits per heavy atom. The highest BCUT2D eigenvalue weighted by Crippen LogP contribution is 2.29. The van der Waals surface area contributed by atoms with E-state index in [2.05, 4.69) is 10.2 Å². The number of hydrogen-bond donors (Lipinski definition) is 1. The number of hydrogen-bond acceptors (Lipinski definition) is 5. The number of sulfonamides is 1. The van der Waals surface area contributed by atoms with E-state index in [9.17, 15) is 13.2 Å². The van der Waals surface area contributed by atoms with Crippen LogP contribution in [0.5, 0.6) is 0 Å². The van der Waals surface area contributed by atoms with Gasteiger partial charge in [0.2, 0.25) is 0 Å². The molecule has 7 nitrogen and oxygen atoms in total. The molecule has 2 aromatic heterocycles. The zero-order valence-electron chi connectivity index (χ0n) is 14.5. The average Bonchev–Trinajstić information content (AvgIpc) is 3.27. The Hall–Kier alpha value is -1.94. The topological polar surface area (TPSA) is 86.4 Å². The van der Waals surface area contributed by atoms with E-state index in [1.807, 2.05) is 25.1 Å². The average molecular weight is 425 g/mol. The number of carbonyl (C=O) groups excluding carboxylic acids is 1. The summed E-state index contributed by atoms with van der Waals surface area (Å²) >= 11 is 6.90. The molecule has 3 aromatic rings. The SMILES string of the molecule is Cc1ccc2[nH]nc(C(=O)N3CCN(S(=O)(=O)c4ccc(Cl)s4)CC3)c2c1. The highest BCUT2D eigenvalue weighted by molar-refractivity contribution is 7.91. The first-order valence-electron chi connectivity index (χ1n) is 8.36. The highest BCUT2D eigenvalue weighted by Gasteiger charge is 2.32. The van der Waals surface area contributed by atoms with E-state index >= 15 is 0 Å². The summed E-state index contributed by atoms with van der Waals surface area (Å²) in [4.78, 5) is 14.5. The molecule has 0 bridgehead atoms. The van der Waals surface area contributed by atoms with E-state index in [0.717, 1.165) is 27.8 Å². The molecule has 3 heterocycles. The molecule has 1 saturated heterocycles. The number of halogens is 1. The van der Waals surface area contributed by atoms with Crippen molar-refractivity contribution in [1.82, 2.24) is 19.4 Å². The first-order chi connectivity index (χ1) is 12.9. The molecular weight excluding hydrogens is 408 g/mol. The van der Waals surface area contributed by atoms with Crippen LogP contribution in [0.25, 0.3) is 10.9 Å². The van der Waals surface area contributed by atoms with Gasteiger partial charge in [-0.25, -0.2) is 8.42 Å². The van der Waals surface area contributed by atoms with Gasteiger partial charge in [-0.2, -0.15) is 9.40 Å². The van der Waals surface area contributed by atoms with Crippen molar-refractivity contribution in [3.8, 4) is 0 Å². The van der Waals surface area contributed by atoms with Gasteiger partial charge in [-0.1, -0.05) is 23.2 Å². The fourth-order valence-electron chi connectivity index (χ4n) is 3.14. The molecule has 1 aromatic carbocycles. The summed E-state index contributed by atoms with van der Waals surface area (Å²) in [7, 11) is -3.58. The summed E-state index contributed by atoms with van der Waals surface area (Å²) in [6.07, 6.45) is 0. The second-order valence-electron chi connectivity index (χ2n) is 6.38. The van der Waals surface area contributed by atoms with Crippen molar-refractivity contribution in [3.63, 3.8) is 0 Å². The molecule has 142 valence electrons. The third kappa shape index (κ3) is 3.36. The van der Waals surface area contributed by atoms with Crippen molar-refractivity contribution in [1.29, 1.82) is 0 Å². The molecule has 0 spiro atoms. The van der Waals surface area contributed by atoms with Gasteiger partial charge < -0.3 is 4.90 Å². The van der Waals surface area contributed by atoms with Gasteiger partial charge in [0, 0.05) is 31.6 Å². The van der Waals surface area contributed by atoms with Crippen molar-refractivity contribution >= 4 is 49.8 Å². The Kier molecular flexibility index (Phi) is 4.71. The summed E-state index contributed by atoms with van der Waals surface area (Å²) in [5, 5.41) is 7.83. The molecule has 1 fully saturated rings. The minimum Gasteiger partial charge on any atom is -0.335 e. The van der Waals surface area contributed by atoms with Crippen LogP contribution in [0.15, 0.2) is 34.5 Å². The second-order valence-corrected chi connectivity index (χ2v) is 10.3. The number of aromatic nitrogens is 2. The standard InChI is InChI=1S/C17H17ClN4O3S2/c1-11-2-3-13-12(10-11)16(20-19-13)17(23)21-6-8-22(9-7-21)27(24,25)15-5-4-14(18)26-15/h2-5,10H,6-9H2,1H3,(H,19,20). The predicted molar refractivity (Wildman–Crippen MR) is 105 cm³/mol. The van der Waals surface area contributed by atoms with Gasteiger partial charge >= 0.3 is 0 Å². The summed E-state index contributed by atoms with van der Waals surface area (Å²) in [6.45, 7) is 3.08. The van der Waals surface area contributed by atoms with Crippen LogP contribution < -0.4 is 0 Å². The summed E-state index contributed by atoms with van der Waals surface area (Å²) in [6, 6.07) is 8.86. The minimum absolute atomic E-state index is 0.192. The van der Waals surface area contributed by atoms with Crippen LogP contribution in [0.2, 0.25) is 4.34 Å². The monoisotopic (exact) mass is 424 g/mol. The molecule has 10 heteroatoms. The molecular formula is C17H17ClN4O3S2. The van der Waals surface area contributed by atoms with Crippen molar-refractivity contribution in [2.75, 3.05) is 26.2 Å². The van der Waals surface area contributed by atoms with Crippen LogP contribution in [-0.2, 0) is 10.0 Å². The number of aryl methyl sites for hydroxylation is 1.